The first kappa shape index (κ1) is 32.5. The van der Waals surface area contributed by atoms with Crippen LogP contribution in [0.2, 0.25) is 5.02 Å². The number of ether oxygens (including phenoxy) is 1. The highest BCUT2D eigenvalue weighted by Gasteiger charge is 2.44. The summed E-state index contributed by atoms with van der Waals surface area (Å²) in [6.07, 6.45) is 4.38. The molecule has 240 valence electrons. The number of amides is 2. The first-order valence-corrected chi connectivity index (χ1v) is 17.1. The zero-order valence-corrected chi connectivity index (χ0v) is 27.6. The van der Waals surface area contributed by atoms with Gasteiger partial charge < -0.3 is 19.4 Å². The lowest BCUT2D eigenvalue weighted by Gasteiger charge is -2.32. The SMILES string of the molecule is CC(=O)N1CCC(OC(=O)N(CCCN2CC3CN(S(=O)(=O)c4cnccc4N(C)C)CC3C2)c2ccc(C)c(Cl)c2)CC1. The van der Waals surface area contributed by atoms with Crippen molar-refractivity contribution >= 4 is 45.0 Å². The zero-order valence-electron chi connectivity index (χ0n) is 26.0. The van der Waals surface area contributed by atoms with Crippen molar-refractivity contribution in [2.24, 2.45) is 11.8 Å². The number of anilines is 2. The number of sulfonamides is 1. The lowest BCUT2D eigenvalue weighted by molar-refractivity contribution is -0.130. The number of rotatable bonds is 9. The fraction of sp³-hybridized carbons (Fsp3) is 0.581. The minimum Gasteiger partial charge on any atom is -0.446 e. The smallest absolute Gasteiger partial charge is 0.414 e. The highest BCUT2D eigenvalue weighted by Crippen LogP contribution is 2.36. The quantitative estimate of drug-likeness (QED) is 0.406. The predicted octanol–water partition coefficient (Wildman–Crippen LogP) is 3.71. The summed E-state index contributed by atoms with van der Waals surface area (Å²) >= 11 is 6.42. The van der Waals surface area contributed by atoms with Crippen LogP contribution in [0.5, 0.6) is 0 Å². The summed E-state index contributed by atoms with van der Waals surface area (Å²) in [4.78, 5) is 37.0. The summed E-state index contributed by atoms with van der Waals surface area (Å²) in [5.41, 5.74) is 2.26. The molecule has 0 bridgehead atoms. The molecular formula is C31H43ClN6O5S. The van der Waals surface area contributed by atoms with Crippen LogP contribution in [-0.4, -0.2) is 112 Å². The average molecular weight is 647 g/mol. The van der Waals surface area contributed by atoms with Crippen LogP contribution in [0.3, 0.4) is 0 Å². The number of fused-ring (bicyclic) bond motifs is 1. The van der Waals surface area contributed by atoms with Crippen LogP contribution in [0.25, 0.3) is 0 Å². The van der Waals surface area contributed by atoms with E-state index in [1.165, 1.54) is 6.20 Å². The van der Waals surface area contributed by atoms with Gasteiger partial charge in [0.25, 0.3) is 0 Å². The molecule has 4 heterocycles. The lowest BCUT2D eigenvalue weighted by Crippen LogP contribution is -2.43. The Hall–Kier alpha value is -2.93. The number of carbonyl (C=O) groups excluding carboxylic acids is 2. The molecule has 13 heteroatoms. The van der Waals surface area contributed by atoms with Crippen LogP contribution in [0.15, 0.2) is 41.6 Å². The second kappa shape index (κ2) is 13.6. The number of piperidine rings is 1. The third-order valence-electron chi connectivity index (χ3n) is 9.09. The van der Waals surface area contributed by atoms with E-state index in [0.717, 1.165) is 31.6 Å². The average Bonchev–Trinajstić information content (AvgIpc) is 3.57. The molecule has 1 aromatic heterocycles. The first-order chi connectivity index (χ1) is 20.9. The molecule has 3 fully saturated rings. The number of aryl methyl sites for hydroxylation is 1. The number of aromatic nitrogens is 1. The Morgan fingerprint density at radius 2 is 1.75 bits per heavy atom. The summed E-state index contributed by atoms with van der Waals surface area (Å²) < 4.78 is 34.6. The third-order valence-corrected chi connectivity index (χ3v) is 11.3. The van der Waals surface area contributed by atoms with E-state index < -0.39 is 16.1 Å². The van der Waals surface area contributed by atoms with Gasteiger partial charge in [0.05, 0.1) is 5.69 Å². The van der Waals surface area contributed by atoms with E-state index in [4.69, 9.17) is 16.3 Å². The van der Waals surface area contributed by atoms with Gasteiger partial charge in [-0.1, -0.05) is 17.7 Å². The molecule has 0 radical (unpaired) electrons. The van der Waals surface area contributed by atoms with Crippen LogP contribution in [0.1, 0.15) is 31.7 Å². The van der Waals surface area contributed by atoms with Gasteiger partial charge in [-0.3, -0.25) is 14.7 Å². The van der Waals surface area contributed by atoms with Gasteiger partial charge in [0, 0.05) is 103 Å². The molecule has 5 rings (SSSR count). The molecule has 3 aliphatic rings. The molecule has 2 unspecified atom stereocenters. The lowest BCUT2D eigenvalue weighted by atomic mass is 10.0. The molecule has 44 heavy (non-hydrogen) atoms. The molecule has 11 nitrogen and oxygen atoms in total. The first-order valence-electron chi connectivity index (χ1n) is 15.3. The number of hydrogen-bond acceptors (Lipinski definition) is 8. The number of carbonyl (C=O) groups is 2. The number of likely N-dealkylation sites (tertiary alicyclic amines) is 2. The van der Waals surface area contributed by atoms with Crippen molar-refractivity contribution in [3.63, 3.8) is 0 Å². The van der Waals surface area contributed by atoms with Crippen LogP contribution < -0.4 is 9.80 Å². The minimum atomic E-state index is -3.65. The minimum absolute atomic E-state index is 0.0399. The van der Waals surface area contributed by atoms with Crippen molar-refractivity contribution in [3.8, 4) is 0 Å². The number of hydrogen-bond donors (Lipinski definition) is 0. The van der Waals surface area contributed by atoms with Crippen molar-refractivity contribution in [1.82, 2.24) is 19.1 Å². The van der Waals surface area contributed by atoms with Gasteiger partial charge in [0.15, 0.2) is 0 Å². The number of nitrogens with zero attached hydrogens (tertiary/aromatic N) is 6. The molecule has 0 N–H and O–H groups in total. The maximum atomic E-state index is 13.5. The Bertz CT molecular complexity index is 1450. The van der Waals surface area contributed by atoms with Crippen molar-refractivity contribution in [2.75, 3.05) is 76.3 Å². The second-order valence-corrected chi connectivity index (χ2v) is 14.7. The molecule has 0 saturated carbocycles. The van der Waals surface area contributed by atoms with Gasteiger partial charge in [-0.15, -0.1) is 0 Å². The maximum absolute atomic E-state index is 13.5. The largest absolute Gasteiger partial charge is 0.446 e. The highest BCUT2D eigenvalue weighted by atomic mass is 35.5. The number of pyridine rings is 1. The van der Waals surface area contributed by atoms with Gasteiger partial charge >= 0.3 is 6.09 Å². The van der Waals surface area contributed by atoms with Gasteiger partial charge in [-0.2, -0.15) is 4.31 Å². The Kier molecular flexibility index (Phi) is 10.0. The summed E-state index contributed by atoms with van der Waals surface area (Å²) in [5.74, 6) is 0.572. The van der Waals surface area contributed by atoms with Gasteiger partial charge in [0.2, 0.25) is 15.9 Å². The van der Waals surface area contributed by atoms with E-state index in [1.54, 1.807) is 44.3 Å². The van der Waals surface area contributed by atoms with Crippen LogP contribution in [0.4, 0.5) is 16.2 Å². The Labute approximate surface area is 265 Å². The highest BCUT2D eigenvalue weighted by molar-refractivity contribution is 7.89. The van der Waals surface area contributed by atoms with Gasteiger partial charge in [0.1, 0.15) is 11.0 Å². The normalized spacial score (nSPS) is 21.3. The molecular weight excluding hydrogens is 604 g/mol. The zero-order chi connectivity index (χ0) is 31.6. The topological polar surface area (TPSA) is 107 Å². The van der Waals surface area contributed by atoms with Crippen molar-refractivity contribution in [2.45, 2.75) is 44.1 Å². The summed E-state index contributed by atoms with van der Waals surface area (Å²) in [6, 6.07) is 7.32. The van der Waals surface area contributed by atoms with Crippen LogP contribution in [0, 0.1) is 18.8 Å². The molecule has 0 spiro atoms. The van der Waals surface area contributed by atoms with E-state index in [9.17, 15) is 18.0 Å². The molecule has 3 aliphatic heterocycles. The number of halogens is 1. The van der Waals surface area contributed by atoms with E-state index in [-0.39, 0.29) is 28.7 Å². The molecule has 2 amide bonds. The molecule has 0 aliphatic carbocycles. The second-order valence-electron chi connectivity index (χ2n) is 12.4. The van der Waals surface area contributed by atoms with E-state index >= 15 is 0 Å². The third kappa shape index (κ3) is 7.14. The molecule has 3 saturated heterocycles. The maximum Gasteiger partial charge on any atom is 0.414 e. The van der Waals surface area contributed by atoms with E-state index in [0.29, 0.717) is 62.0 Å². The Morgan fingerprint density at radius 1 is 1.07 bits per heavy atom. The fourth-order valence-corrected chi connectivity index (χ4v) is 8.47. The number of benzene rings is 1. The van der Waals surface area contributed by atoms with Crippen molar-refractivity contribution < 1.29 is 22.7 Å². The standard InChI is InChI=1S/C31H43ClN6O5S/c1-22-6-7-26(16-28(22)32)38(31(40)43-27-9-14-36(15-10-27)23(2)39)13-5-12-35-18-24-20-37(21-25(24)19-35)44(41,42)30-17-33-11-8-29(30)34(3)4/h6-8,11,16-17,24-25,27H,5,9-10,12-15,18-21H2,1-4H3. The predicted molar refractivity (Wildman–Crippen MR) is 171 cm³/mol. The van der Waals surface area contributed by atoms with Crippen molar-refractivity contribution in [1.29, 1.82) is 0 Å². The van der Waals surface area contributed by atoms with Crippen molar-refractivity contribution in [3.05, 3.63) is 47.2 Å². The van der Waals surface area contributed by atoms with Gasteiger partial charge in [-0.25, -0.2) is 13.2 Å². The van der Waals surface area contributed by atoms with Crippen LogP contribution >= 0.6 is 11.6 Å². The van der Waals surface area contributed by atoms with E-state index in [2.05, 4.69) is 9.88 Å². The summed E-state index contributed by atoms with van der Waals surface area (Å²) in [6.45, 7) is 8.52. The fourth-order valence-electron chi connectivity index (χ4n) is 6.53. The van der Waals surface area contributed by atoms with Gasteiger partial charge in [-0.05, 0) is 55.5 Å². The summed E-state index contributed by atoms with van der Waals surface area (Å²) in [5, 5.41) is 0.589. The molecule has 2 atom stereocenters. The monoisotopic (exact) mass is 646 g/mol. The molecule has 1 aromatic carbocycles. The van der Waals surface area contributed by atoms with Crippen LogP contribution in [-0.2, 0) is 19.6 Å². The molecule has 2 aromatic rings. The Balaban J connectivity index is 1.17. The summed E-state index contributed by atoms with van der Waals surface area (Å²) in [7, 11) is 0.0171. The van der Waals surface area contributed by atoms with E-state index in [1.807, 2.05) is 33.2 Å². The Morgan fingerprint density at radius 3 is 2.36 bits per heavy atom.